The van der Waals surface area contributed by atoms with E-state index < -0.39 is 0 Å². The normalized spacial score (nSPS) is 10.3. The summed E-state index contributed by atoms with van der Waals surface area (Å²) in [5, 5.41) is 12.7. The van der Waals surface area contributed by atoms with E-state index in [0.29, 0.717) is 23.1 Å². The van der Waals surface area contributed by atoms with Crippen molar-refractivity contribution < 1.29 is 4.52 Å². The summed E-state index contributed by atoms with van der Waals surface area (Å²) >= 11 is 0. The van der Waals surface area contributed by atoms with Crippen LogP contribution in [-0.4, -0.2) is 19.7 Å². The van der Waals surface area contributed by atoms with Crippen molar-refractivity contribution in [2.75, 3.05) is 0 Å². The van der Waals surface area contributed by atoms with Crippen molar-refractivity contribution >= 4 is 0 Å². The molecule has 1 aromatic carbocycles. The Kier molecular flexibility index (Phi) is 2.58. The third kappa shape index (κ3) is 1.98. The predicted octanol–water partition coefficient (Wildman–Crippen LogP) is 2.01. The topological polar surface area (TPSA) is 80.5 Å². The highest BCUT2D eigenvalue weighted by atomic mass is 16.5. The summed E-state index contributed by atoms with van der Waals surface area (Å²) in [7, 11) is 1.86. The summed E-state index contributed by atoms with van der Waals surface area (Å²) in [5.74, 6) is 1.48. The summed E-state index contributed by atoms with van der Waals surface area (Å²) in [5.41, 5.74) is 1.36. The van der Waals surface area contributed by atoms with Crippen LogP contribution in [0.5, 0.6) is 0 Å². The van der Waals surface area contributed by atoms with Gasteiger partial charge in [0.25, 0.3) is 5.89 Å². The second-order valence-electron chi connectivity index (χ2n) is 3.97. The number of hydrogen-bond acceptors (Lipinski definition) is 5. The Labute approximate surface area is 108 Å². The quantitative estimate of drug-likeness (QED) is 0.695. The van der Waals surface area contributed by atoms with Crippen molar-refractivity contribution in [2.24, 2.45) is 7.05 Å². The van der Waals surface area contributed by atoms with Gasteiger partial charge >= 0.3 is 0 Å². The molecule has 0 unspecified atom stereocenters. The first-order valence-corrected chi connectivity index (χ1v) is 5.60. The fourth-order valence-electron chi connectivity index (χ4n) is 1.70. The summed E-state index contributed by atoms with van der Waals surface area (Å²) in [6.07, 6.45) is 3.49. The molecule has 0 saturated heterocycles. The van der Waals surface area contributed by atoms with Crippen LogP contribution in [0.15, 0.2) is 41.2 Å². The van der Waals surface area contributed by atoms with E-state index in [-0.39, 0.29) is 0 Å². The van der Waals surface area contributed by atoms with Gasteiger partial charge in [0.1, 0.15) is 0 Å². The lowest BCUT2D eigenvalue weighted by Crippen LogP contribution is -1.92. The van der Waals surface area contributed by atoms with Gasteiger partial charge in [0, 0.05) is 25.0 Å². The zero-order valence-electron chi connectivity index (χ0n) is 10.1. The van der Waals surface area contributed by atoms with Crippen molar-refractivity contribution in [1.82, 2.24) is 19.7 Å². The van der Waals surface area contributed by atoms with E-state index in [1.165, 1.54) is 0 Å². The number of benzene rings is 1. The van der Waals surface area contributed by atoms with Gasteiger partial charge in [-0.25, -0.2) is 4.98 Å². The van der Waals surface area contributed by atoms with Crippen LogP contribution in [-0.2, 0) is 7.05 Å². The summed E-state index contributed by atoms with van der Waals surface area (Å²) in [6, 6.07) is 9.02. The van der Waals surface area contributed by atoms with Crippen molar-refractivity contribution in [3.63, 3.8) is 0 Å². The van der Waals surface area contributed by atoms with Crippen LogP contribution in [0.3, 0.4) is 0 Å². The Morgan fingerprint density at radius 3 is 2.68 bits per heavy atom. The average molecular weight is 251 g/mol. The molecule has 0 aliphatic heterocycles. The largest absolute Gasteiger partial charge is 0.334 e. The second-order valence-corrected chi connectivity index (χ2v) is 3.97. The lowest BCUT2D eigenvalue weighted by atomic mass is 10.1. The molecule has 0 atom stereocenters. The third-order valence-corrected chi connectivity index (χ3v) is 2.71. The zero-order valence-corrected chi connectivity index (χ0v) is 10.1. The number of rotatable bonds is 2. The molecule has 0 N–H and O–H groups in total. The van der Waals surface area contributed by atoms with Crippen molar-refractivity contribution in [1.29, 1.82) is 5.26 Å². The van der Waals surface area contributed by atoms with Crippen LogP contribution >= 0.6 is 0 Å². The molecule has 0 aliphatic rings. The summed E-state index contributed by atoms with van der Waals surface area (Å²) in [4.78, 5) is 8.45. The van der Waals surface area contributed by atoms with Gasteiger partial charge < -0.3 is 9.09 Å². The Morgan fingerprint density at radius 1 is 1.26 bits per heavy atom. The smallest absolute Gasteiger partial charge is 0.258 e. The molecular weight excluding hydrogens is 242 g/mol. The number of nitriles is 1. The van der Waals surface area contributed by atoms with Gasteiger partial charge in [-0.2, -0.15) is 10.2 Å². The molecule has 0 radical (unpaired) electrons. The predicted molar refractivity (Wildman–Crippen MR) is 66.7 cm³/mol. The maximum Gasteiger partial charge on any atom is 0.258 e. The fraction of sp³-hybridized carbons (Fsp3) is 0.0769. The minimum absolute atomic E-state index is 0.405. The first kappa shape index (κ1) is 11.2. The van der Waals surface area contributed by atoms with Gasteiger partial charge in [-0.15, -0.1) is 0 Å². The molecule has 0 bridgehead atoms. The van der Waals surface area contributed by atoms with Crippen LogP contribution in [0.1, 0.15) is 5.56 Å². The average Bonchev–Trinajstić information content (AvgIpc) is 3.07. The minimum Gasteiger partial charge on any atom is -0.334 e. The number of nitrogens with zero attached hydrogens (tertiary/aromatic N) is 5. The van der Waals surface area contributed by atoms with E-state index in [9.17, 15) is 0 Å². The molecular formula is C13H9N5O. The molecule has 0 spiro atoms. The first-order valence-electron chi connectivity index (χ1n) is 5.60. The van der Waals surface area contributed by atoms with Crippen molar-refractivity contribution in [2.45, 2.75) is 0 Å². The number of hydrogen-bond donors (Lipinski definition) is 0. The molecule has 0 amide bonds. The van der Waals surface area contributed by atoms with E-state index in [2.05, 4.69) is 21.2 Å². The molecule has 0 aliphatic carbocycles. The Morgan fingerprint density at radius 2 is 2.05 bits per heavy atom. The van der Waals surface area contributed by atoms with Crippen molar-refractivity contribution in [3.05, 3.63) is 42.2 Å². The van der Waals surface area contributed by atoms with Crippen LogP contribution < -0.4 is 0 Å². The molecule has 92 valence electrons. The maximum atomic E-state index is 8.75. The van der Waals surface area contributed by atoms with Gasteiger partial charge in [0.05, 0.1) is 11.6 Å². The first-order chi connectivity index (χ1) is 9.28. The van der Waals surface area contributed by atoms with Gasteiger partial charge in [0.2, 0.25) is 5.82 Å². The Hall–Kier alpha value is -2.94. The molecule has 3 aromatic rings. The van der Waals surface area contributed by atoms with Gasteiger partial charge in [0.15, 0.2) is 5.82 Å². The number of imidazole rings is 1. The van der Waals surface area contributed by atoms with E-state index in [4.69, 9.17) is 9.78 Å². The standard InChI is InChI=1S/C13H9N5O/c1-18-7-6-15-12(18)11-16-13(19-17-11)10-4-2-9(8-14)3-5-10/h2-7H,1H3. The number of aromatic nitrogens is 4. The molecule has 6 heteroatoms. The second kappa shape index (κ2) is 4.38. The van der Waals surface area contributed by atoms with Gasteiger partial charge in [-0.3, -0.25) is 0 Å². The van der Waals surface area contributed by atoms with Crippen molar-refractivity contribution in [3.8, 4) is 29.2 Å². The summed E-state index contributed by atoms with van der Waals surface area (Å²) < 4.78 is 7.02. The SMILES string of the molecule is Cn1ccnc1-c1noc(-c2ccc(C#N)cc2)n1. The van der Waals surface area contributed by atoms with Gasteiger partial charge in [-0.05, 0) is 24.3 Å². The lowest BCUT2D eigenvalue weighted by molar-refractivity contribution is 0.431. The fourth-order valence-corrected chi connectivity index (χ4v) is 1.70. The van der Waals surface area contributed by atoms with Crippen LogP contribution in [0.4, 0.5) is 0 Å². The van der Waals surface area contributed by atoms with Gasteiger partial charge in [-0.1, -0.05) is 5.16 Å². The lowest BCUT2D eigenvalue weighted by Gasteiger charge is -1.94. The molecule has 0 saturated carbocycles. The number of aryl methyl sites for hydroxylation is 1. The van der Waals surface area contributed by atoms with Crippen LogP contribution in [0.25, 0.3) is 23.1 Å². The molecule has 0 fully saturated rings. The minimum atomic E-state index is 0.405. The molecule has 2 heterocycles. The van der Waals surface area contributed by atoms with E-state index in [1.54, 1.807) is 30.5 Å². The summed E-state index contributed by atoms with van der Waals surface area (Å²) in [6.45, 7) is 0. The third-order valence-electron chi connectivity index (χ3n) is 2.71. The highest BCUT2D eigenvalue weighted by Gasteiger charge is 2.13. The van der Waals surface area contributed by atoms with E-state index in [1.807, 2.05) is 17.8 Å². The highest BCUT2D eigenvalue weighted by Crippen LogP contribution is 2.21. The van der Waals surface area contributed by atoms with Crippen LogP contribution in [0.2, 0.25) is 0 Å². The molecule has 19 heavy (non-hydrogen) atoms. The Balaban J connectivity index is 1.97. The zero-order chi connectivity index (χ0) is 13.2. The van der Waals surface area contributed by atoms with E-state index in [0.717, 1.165) is 5.56 Å². The monoisotopic (exact) mass is 251 g/mol. The van der Waals surface area contributed by atoms with Crippen LogP contribution in [0, 0.1) is 11.3 Å². The Bertz CT molecular complexity index is 748. The highest BCUT2D eigenvalue weighted by molar-refractivity contribution is 5.57. The molecule has 6 nitrogen and oxygen atoms in total. The molecule has 3 rings (SSSR count). The van der Waals surface area contributed by atoms with E-state index >= 15 is 0 Å². The maximum absolute atomic E-state index is 8.75. The molecule has 2 aromatic heterocycles.